The number of hydrogen-bond acceptors (Lipinski definition) is 0. The summed E-state index contributed by atoms with van der Waals surface area (Å²) < 4.78 is 0. The third-order valence-corrected chi connectivity index (χ3v) is 5.35. The topological polar surface area (TPSA) is 0 Å². The normalized spacial score (nSPS) is 20.2. The zero-order chi connectivity index (χ0) is 17.5. The summed E-state index contributed by atoms with van der Waals surface area (Å²) in [7, 11) is 0. The van der Waals surface area contributed by atoms with Crippen LogP contribution in [0.5, 0.6) is 0 Å². The Labute approximate surface area is 156 Å². The summed E-state index contributed by atoms with van der Waals surface area (Å²) in [5, 5.41) is 0. The van der Waals surface area contributed by atoms with E-state index in [0.29, 0.717) is 11.8 Å². The molecule has 25 heavy (non-hydrogen) atoms. The van der Waals surface area contributed by atoms with Gasteiger partial charge in [-0.3, -0.25) is 0 Å². The third-order valence-electron chi connectivity index (χ3n) is 5.35. The van der Waals surface area contributed by atoms with E-state index >= 15 is 0 Å². The fourth-order valence-electron chi connectivity index (χ4n) is 3.82. The number of benzene rings is 1. The van der Waals surface area contributed by atoms with E-state index in [1.807, 2.05) is 6.08 Å². The molecule has 1 aliphatic carbocycles. The van der Waals surface area contributed by atoms with Gasteiger partial charge in [-0.25, -0.2) is 0 Å². The molecule has 0 aromatic heterocycles. The van der Waals surface area contributed by atoms with Crippen molar-refractivity contribution in [3.05, 3.63) is 77.9 Å². The van der Waals surface area contributed by atoms with Gasteiger partial charge in [0, 0.05) is 5.92 Å². The summed E-state index contributed by atoms with van der Waals surface area (Å²) in [5.74, 6) is 1.13. The van der Waals surface area contributed by atoms with E-state index in [1.165, 1.54) is 47.1 Å². The van der Waals surface area contributed by atoms with Crippen molar-refractivity contribution in [3.63, 3.8) is 0 Å². The van der Waals surface area contributed by atoms with E-state index in [-0.39, 0.29) is 7.43 Å². The molecule has 0 fully saturated rings. The number of unbranched alkanes of at least 4 members (excludes halogenated alkanes) is 1. The molecule has 0 saturated heterocycles. The monoisotopic (exact) mass is 336 g/mol. The predicted molar refractivity (Wildman–Crippen MR) is 115 cm³/mol. The highest BCUT2D eigenvalue weighted by Crippen LogP contribution is 2.48. The molecule has 136 valence electrons. The molecule has 0 amide bonds. The van der Waals surface area contributed by atoms with Crippen LogP contribution in [-0.4, -0.2) is 0 Å². The van der Waals surface area contributed by atoms with Gasteiger partial charge in [0.1, 0.15) is 0 Å². The van der Waals surface area contributed by atoms with Gasteiger partial charge >= 0.3 is 0 Å². The SMILES string of the molecule is C.C=C/C=C1\C(=C/C)C(CCC(=C)C(C)CCCC)c2ccccc21. The van der Waals surface area contributed by atoms with Gasteiger partial charge in [-0.05, 0) is 54.4 Å². The molecule has 1 aliphatic rings. The van der Waals surface area contributed by atoms with Gasteiger partial charge in [-0.15, -0.1) is 0 Å². The number of rotatable bonds is 8. The Bertz CT molecular complexity index is 642. The summed E-state index contributed by atoms with van der Waals surface area (Å²) in [6.45, 7) is 15.0. The molecule has 0 heteroatoms. The Kier molecular flexibility index (Phi) is 8.69. The maximum Gasteiger partial charge on any atom is 0.0101 e. The van der Waals surface area contributed by atoms with Crippen LogP contribution >= 0.6 is 0 Å². The van der Waals surface area contributed by atoms with Crippen molar-refractivity contribution in [2.75, 3.05) is 0 Å². The summed E-state index contributed by atoms with van der Waals surface area (Å²) >= 11 is 0. The molecule has 0 saturated carbocycles. The van der Waals surface area contributed by atoms with E-state index in [9.17, 15) is 0 Å². The average molecular weight is 337 g/mol. The van der Waals surface area contributed by atoms with Gasteiger partial charge in [0.2, 0.25) is 0 Å². The van der Waals surface area contributed by atoms with E-state index in [0.717, 1.165) is 12.8 Å². The average Bonchev–Trinajstić information content (AvgIpc) is 2.91. The second-order valence-electron chi connectivity index (χ2n) is 6.94. The summed E-state index contributed by atoms with van der Waals surface area (Å²) in [6.07, 6.45) is 12.5. The van der Waals surface area contributed by atoms with Crippen LogP contribution in [0.3, 0.4) is 0 Å². The zero-order valence-electron chi connectivity index (χ0n) is 15.6. The molecule has 0 aliphatic heterocycles. The molecule has 2 unspecified atom stereocenters. The second kappa shape index (κ2) is 10.2. The molecule has 1 aromatic carbocycles. The highest BCUT2D eigenvalue weighted by molar-refractivity contribution is 5.88. The van der Waals surface area contributed by atoms with Crippen molar-refractivity contribution < 1.29 is 0 Å². The predicted octanol–water partition coefficient (Wildman–Crippen LogP) is 8.10. The molecule has 0 bridgehead atoms. The van der Waals surface area contributed by atoms with Crippen molar-refractivity contribution in [1.82, 2.24) is 0 Å². The number of fused-ring (bicyclic) bond motifs is 1. The Balaban J connectivity index is 0.00000312. The lowest BCUT2D eigenvalue weighted by atomic mass is 9.86. The van der Waals surface area contributed by atoms with Crippen LogP contribution in [0, 0.1) is 5.92 Å². The molecule has 2 rings (SSSR count). The highest BCUT2D eigenvalue weighted by Gasteiger charge is 2.30. The van der Waals surface area contributed by atoms with E-state index in [4.69, 9.17) is 0 Å². The molecule has 0 spiro atoms. The standard InChI is InChI=1S/C24H32.CH4/c1-6-9-13-18(4)19(5)16-17-24-20(8-3)21(12-7-2)22-14-10-11-15-23(22)24;/h7-8,10-12,14-15,18,24H,2,5-6,9,13,16-17H2,1,3-4H3;1H4/b20-8+,21-12+;. The summed E-state index contributed by atoms with van der Waals surface area (Å²) in [4.78, 5) is 0. The van der Waals surface area contributed by atoms with Crippen molar-refractivity contribution in [3.8, 4) is 0 Å². The van der Waals surface area contributed by atoms with E-state index in [1.54, 1.807) is 0 Å². The maximum absolute atomic E-state index is 4.38. The molecular formula is C25H36. The molecule has 2 atom stereocenters. The van der Waals surface area contributed by atoms with E-state index in [2.05, 4.69) is 70.3 Å². The van der Waals surface area contributed by atoms with Crippen LogP contribution in [0.1, 0.15) is 77.3 Å². The Morgan fingerprint density at radius 3 is 2.64 bits per heavy atom. The summed E-state index contributed by atoms with van der Waals surface area (Å²) in [6, 6.07) is 8.83. The molecule has 0 N–H and O–H groups in total. The lowest BCUT2D eigenvalue weighted by Crippen LogP contribution is -2.02. The quantitative estimate of drug-likeness (QED) is 0.421. The van der Waals surface area contributed by atoms with Gasteiger partial charge in [0.25, 0.3) is 0 Å². The fourth-order valence-corrected chi connectivity index (χ4v) is 3.82. The lowest BCUT2D eigenvalue weighted by molar-refractivity contribution is 0.544. The molecular weight excluding hydrogens is 300 g/mol. The van der Waals surface area contributed by atoms with Gasteiger partial charge in [0.05, 0.1) is 0 Å². The minimum absolute atomic E-state index is 0. The van der Waals surface area contributed by atoms with Gasteiger partial charge in [0.15, 0.2) is 0 Å². The first-order chi connectivity index (χ1) is 11.6. The van der Waals surface area contributed by atoms with Crippen molar-refractivity contribution in [2.24, 2.45) is 5.92 Å². The first-order valence-electron chi connectivity index (χ1n) is 9.40. The Hall–Kier alpha value is -1.82. The molecule has 0 radical (unpaired) electrons. The van der Waals surface area contributed by atoms with Crippen molar-refractivity contribution in [1.29, 1.82) is 0 Å². The van der Waals surface area contributed by atoms with Crippen LogP contribution in [0.15, 0.2) is 66.8 Å². The van der Waals surface area contributed by atoms with Gasteiger partial charge in [-0.1, -0.05) is 95.3 Å². The first kappa shape index (κ1) is 21.2. The number of allylic oxidation sites excluding steroid dienone is 6. The van der Waals surface area contributed by atoms with Gasteiger partial charge < -0.3 is 0 Å². The molecule has 0 nitrogen and oxygen atoms in total. The van der Waals surface area contributed by atoms with Gasteiger partial charge in [-0.2, -0.15) is 0 Å². The van der Waals surface area contributed by atoms with Crippen LogP contribution in [-0.2, 0) is 0 Å². The lowest BCUT2D eigenvalue weighted by Gasteiger charge is -2.18. The zero-order valence-corrected chi connectivity index (χ0v) is 15.6. The minimum Gasteiger partial charge on any atom is -0.0996 e. The second-order valence-corrected chi connectivity index (χ2v) is 6.94. The molecule has 0 heterocycles. The fraction of sp³-hybridized carbons (Fsp3) is 0.440. The number of hydrogen-bond donors (Lipinski definition) is 0. The Morgan fingerprint density at radius 2 is 2.00 bits per heavy atom. The largest absolute Gasteiger partial charge is 0.0996 e. The third kappa shape index (κ3) is 4.84. The van der Waals surface area contributed by atoms with Crippen LogP contribution in [0.4, 0.5) is 0 Å². The smallest absolute Gasteiger partial charge is 0.0101 e. The van der Waals surface area contributed by atoms with Crippen molar-refractivity contribution >= 4 is 5.57 Å². The maximum atomic E-state index is 4.38. The molecule has 1 aromatic rings. The minimum atomic E-state index is 0. The van der Waals surface area contributed by atoms with Crippen LogP contribution in [0.25, 0.3) is 5.57 Å². The van der Waals surface area contributed by atoms with Crippen LogP contribution < -0.4 is 0 Å². The highest BCUT2D eigenvalue weighted by atomic mass is 14.3. The van der Waals surface area contributed by atoms with Crippen molar-refractivity contribution in [2.45, 2.75) is 66.2 Å². The summed E-state index contributed by atoms with van der Waals surface area (Å²) in [5.41, 5.74) is 7.05. The Morgan fingerprint density at radius 1 is 1.28 bits per heavy atom. The first-order valence-corrected chi connectivity index (χ1v) is 9.40. The van der Waals surface area contributed by atoms with E-state index < -0.39 is 0 Å². The van der Waals surface area contributed by atoms with Crippen LogP contribution in [0.2, 0.25) is 0 Å².